The van der Waals surface area contributed by atoms with E-state index in [4.69, 9.17) is 23.2 Å². The molecule has 10 heteroatoms. The zero-order chi connectivity index (χ0) is 22.7. The first kappa shape index (κ1) is 22.8. The number of amides is 1. The predicted molar refractivity (Wildman–Crippen MR) is 133 cm³/mol. The number of benzene rings is 2. The second-order valence-corrected chi connectivity index (χ2v) is 9.53. The lowest BCUT2D eigenvalue weighted by atomic mass is 10.2. The molecule has 4 rings (SSSR count). The van der Waals surface area contributed by atoms with Crippen LogP contribution >= 0.6 is 46.3 Å². The van der Waals surface area contributed by atoms with Gasteiger partial charge >= 0.3 is 0 Å². The molecule has 0 spiro atoms. The highest BCUT2D eigenvalue weighted by Crippen LogP contribution is 2.32. The van der Waals surface area contributed by atoms with E-state index in [9.17, 15) is 9.59 Å². The van der Waals surface area contributed by atoms with Crippen LogP contribution in [0.1, 0.15) is 13.3 Å². The van der Waals surface area contributed by atoms with Gasteiger partial charge in [0.05, 0.1) is 21.6 Å². The maximum absolute atomic E-state index is 12.7. The SMILES string of the molecule is CCn1c(SCCC(=O)Nc2nc(-c3ccc(Cl)cc3Cl)cs2)nc2ccccc2c1=O. The minimum absolute atomic E-state index is 0.0683. The van der Waals surface area contributed by atoms with E-state index < -0.39 is 0 Å². The Bertz CT molecular complexity index is 1350. The monoisotopic (exact) mass is 504 g/mol. The van der Waals surface area contributed by atoms with E-state index in [2.05, 4.69) is 15.3 Å². The van der Waals surface area contributed by atoms with Crippen molar-refractivity contribution in [2.45, 2.75) is 25.0 Å². The fraction of sp³-hybridized carbons (Fsp3) is 0.182. The summed E-state index contributed by atoms with van der Waals surface area (Å²) >= 11 is 14.9. The highest BCUT2D eigenvalue weighted by Gasteiger charge is 2.13. The van der Waals surface area contributed by atoms with Gasteiger partial charge in [0.1, 0.15) is 0 Å². The summed E-state index contributed by atoms with van der Waals surface area (Å²) in [6.07, 6.45) is 0.258. The summed E-state index contributed by atoms with van der Waals surface area (Å²) in [6.45, 7) is 2.42. The zero-order valence-corrected chi connectivity index (χ0v) is 20.1. The smallest absolute Gasteiger partial charge is 0.262 e. The lowest BCUT2D eigenvalue weighted by Crippen LogP contribution is -2.22. The van der Waals surface area contributed by atoms with E-state index in [0.717, 1.165) is 5.56 Å². The van der Waals surface area contributed by atoms with Gasteiger partial charge in [0.25, 0.3) is 5.56 Å². The van der Waals surface area contributed by atoms with Gasteiger partial charge in [-0.15, -0.1) is 11.3 Å². The van der Waals surface area contributed by atoms with Gasteiger partial charge in [-0.1, -0.05) is 47.1 Å². The third-order valence-electron chi connectivity index (χ3n) is 4.66. The summed E-state index contributed by atoms with van der Waals surface area (Å²) in [5.74, 6) is 0.324. The first-order chi connectivity index (χ1) is 15.5. The van der Waals surface area contributed by atoms with Crippen molar-refractivity contribution < 1.29 is 4.79 Å². The number of halogens is 2. The average molecular weight is 505 g/mol. The maximum atomic E-state index is 12.7. The van der Waals surface area contributed by atoms with Gasteiger partial charge in [0.2, 0.25) is 5.91 Å². The molecule has 2 aromatic carbocycles. The van der Waals surface area contributed by atoms with Crippen molar-refractivity contribution in [3.63, 3.8) is 0 Å². The van der Waals surface area contributed by atoms with Gasteiger partial charge in [-0.25, -0.2) is 9.97 Å². The number of rotatable bonds is 7. The fourth-order valence-corrected chi connectivity index (χ4v) is 5.34. The van der Waals surface area contributed by atoms with Crippen molar-refractivity contribution in [3.8, 4) is 11.3 Å². The lowest BCUT2D eigenvalue weighted by Gasteiger charge is -2.10. The molecule has 0 aliphatic rings. The van der Waals surface area contributed by atoms with Crippen molar-refractivity contribution >= 4 is 68.2 Å². The average Bonchev–Trinajstić information content (AvgIpc) is 3.22. The summed E-state index contributed by atoms with van der Waals surface area (Å²) in [7, 11) is 0. The van der Waals surface area contributed by atoms with Gasteiger partial charge < -0.3 is 5.32 Å². The molecular formula is C22H18Cl2N4O2S2. The van der Waals surface area contributed by atoms with Crippen molar-refractivity contribution in [2.75, 3.05) is 11.1 Å². The largest absolute Gasteiger partial charge is 0.302 e. The van der Waals surface area contributed by atoms with Crippen LogP contribution in [0.4, 0.5) is 5.13 Å². The highest BCUT2D eigenvalue weighted by atomic mass is 35.5. The zero-order valence-electron chi connectivity index (χ0n) is 17.0. The number of aromatic nitrogens is 3. The number of fused-ring (bicyclic) bond motifs is 1. The van der Waals surface area contributed by atoms with E-state index in [1.54, 1.807) is 28.8 Å². The van der Waals surface area contributed by atoms with Gasteiger partial charge in [0, 0.05) is 34.7 Å². The molecule has 6 nitrogen and oxygen atoms in total. The van der Waals surface area contributed by atoms with Crippen LogP contribution in [-0.4, -0.2) is 26.2 Å². The molecule has 2 heterocycles. The van der Waals surface area contributed by atoms with E-state index in [-0.39, 0.29) is 17.9 Å². The van der Waals surface area contributed by atoms with Crippen molar-refractivity contribution in [2.24, 2.45) is 0 Å². The number of nitrogens with one attached hydrogen (secondary N) is 1. The summed E-state index contributed by atoms with van der Waals surface area (Å²) < 4.78 is 1.63. The Balaban J connectivity index is 1.39. The molecule has 0 aliphatic carbocycles. The van der Waals surface area contributed by atoms with Crippen molar-refractivity contribution in [3.05, 3.63) is 68.2 Å². The fourth-order valence-electron chi connectivity index (χ4n) is 3.11. The number of hydrogen-bond acceptors (Lipinski definition) is 6. The minimum Gasteiger partial charge on any atom is -0.302 e. The van der Waals surface area contributed by atoms with Gasteiger partial charge in [0.15, 0.2) is 10.3 Å². The van der Waals surface area contributed by atoms with E-state index >= 15 is 0 Å². The third kappa shape index (κ3) is 4.99. The number of carbonyl (C=O) groups excluding carboxylic acids is 1. The van der Waals surface area contributed by atoms with Crippen LogP contribution in [0.25, 0.3) is 22.2 Å². The van der Waals surface area contributed by atoms with E-state index in [0.29, 0.717) is 49.2 Å². The highest BCUT2D eigenvalue weighted by molar-refractivity contribution is 7.99. The second-order valence-electron chi connectivity index (χ2n) is 6.77. The Morgan fingerprint density at radius 1 is 1.19 bits per heavy atom. The minimum atomic E-state index is -0.160. The van der Waals surface area contributed by atoms with E-state index in [1.807, 2.05) is 30.5 Å². The van der Waals surface area contributed by atoms with Crippen LogP contribution in [0.15, 0.2) is 57.8 Å². The molecule has 0 aliphatic heterocycles. The van der Waals surface area contributed by atoms with E-state index in [1.165, 1.54) is 23.1 Å². The van der Waals surface area contributed by atoms with Gasteiger partial charge in [-0.2, -0.15) is 0 Å². The molecule has 0 saturated carbocycles. The number of carbonyl (C=O) groups is 1. The Labute approximate surface area is 202 Å². The summed E-state index contributed by atoms with van der Waals surface area (Å²) in [5.41, 5.74) is 2.02. The molecule has 32 heavy (non-hydrogen) atoms. The first-order valence-corrected chi connectivity index (χ1v) is 12.4. The van der Waals surface area contributed by atoms with Crippen LogP contribution in [0.3, 0.4) is 0 Å². The lowest BCUT2D eigenvalue weighted by molar-refractivity contribution is -0.115. The maximum Gasteiger partial charge on any atom is 0.262 e. The molecule has 4 aromatic rings. The number of nitrogens with zero attached hydrogens (tertiary/aromatic N) is 3. The molecule has 1 amide bonds. The van der Waals surface area contributed by atoms with Gasteiger partial charge in [-0.05, 0) is 37.3 Å². The normalized spacial score (nSPS) is 11.1. The molecule has 0 radical (unpaired) electrons. The molecule has 0 unspecified atom stereocenters. The van der Waals surface area contributed by atoms with Crippen molar-refractivity contribution in [1.82, 2.24) is 14.5 Å². The second kappa shape index (κ2) is 10.0. The number of thioether (sulfide) groups is 1. The van der Waals surface area contributed by atoms with Crippen LogP contribution in [0.2, 0.25) is 10.0 Å². The Hall–Kier alpha value is -2.39. The molecule has 0 atom stereocenters. The van der Waals surface area contributed by atoms with Crippen molar-refractivity contribution in [1.29, 1.82) is 0 Å². The van der Waals surface area contributed by atoms with Crippen LogP contribution in [-0.2, 0) is 11.3 Å². The van der Waals surface area contributed by atoms with Crippen LogP contribution in [0, 0.1) is 0 Å². The Kier molecular flexibility index (Phi) is 7.15. The number of para-hydroxylation sites is 1. The molecular weight excluding hydrogens is 487 g/mol. The standard InChI is InChI=1S/C22H18Cl2N4O2S2/c1-2-28-20(30)15-5-3-4-6-17(15)26-22(28)31-10-9-19(29)27-21-25-18(12-32-21)14-8-7-13(23)11-16(14)24/h3-8,11-12H,2,9-10H2,1H3,(H,25,27,29). The Morgan fingerprint density at radius 3 is 2.78 bits per heavy atom. The summed E-state index contributed by atoms with van der Waals surface area (Å²) in [4.78, 5) is 34.1. The molecule has 2 aromatic heterocycles. The van der Waals surface area contributed by atoms with Crippen LogP contribution in [0.5, 0.6) is 0 Å². The number of hydrogen-bond donors (Lipinski definition) is 1. The molecule has 1 N–H and O–H groups in total. The number of anilines is 1. The molecule has 0 bridgehead atoms. The Morgan fingerprint density at radius 2 is 2.00 bits per heavy atom. The topological polar surface area (TPSA) is 76.9 Å². The quantitative estimate of drug-likeness (QED) is 0.248. The predicted octanol–water partition coefficient (Wildman–Crippen LogP) is 5.97. The number of thiazole rings is 1. The van der Waals surface area contributed by atoms with Crippen LogP contribution < -0.4 is 10.9 Å². The third-order valence-corrected chi connectivity index (χ3v) is 6.94. The summed E-state index contributed by atoms with van der Waals surface area (Å²) in [6, 6.07) is 12.5. The molecule has 164 valence electrons. The van der Waals surface area contributed by atoms with Gasteiger partial charge in [-0.3, -0.25) is 14.2 Å². The first-order valence-electron chi connectivity index (χ1n) is 9.79. The summed E-state index contributed by atoms with van der Waals surface area (Å²) in [5, 5.41) is 7.40. The molecule has 0 fully saturated rings. The molecule has 0 saturated heterocycles.